The molecule has 0 heterocycles. The number of nitrogens with one attached hydrogen (secondary N) is 1. The molecule has 4 N–H and O–H groups in total. The third-order valence-electron chi connectivity index (χ3n) is 1.36. The van der Waals surface area contributed by atoms with Gasteiger partial charge >= 0.3 is 0 Å². The van der Waals surface area contributed by atoms with E-state index >= 15 is 0 Å². The highest BCUT2D eigenvalue weighted by atomic mass is 79.9. The van der Waals surface area contributed by atoms with E-state index in [0.717, 1.165) is 0 Å². The number of nitrogen functional groups attached to an aromatic ring is 1. The average molecular weight is 231 g/mol. The minimum atomic E-state index is -0.520. The number of phenolic OH excluding ortho intramolecular Hbond substituents is 1. The monoisotopic (exact) mass is 230 g/mol. The second-order valence-corrected chi connectivity index (χ2v) is 2.96. The van der Waals surface area contributed by atoms with Gasteiger partial charge in [0.2, 0.25) is 0 Å². The second kappa shape index (κ2) is 3.55. The van der Waals surface area contributed by atoms with Gasteiger partial charge in [0.05, 0.1) is 10.0 Å². The zero-order chi connectivity index (χ0) is 9.14. The van der Waals surface area contributed by atoms with Crippen LogP contribution in [0.3, 0.4) is 0 Å². The summed E-state index contributed by atoms with van der Waals surface area (Å²) in [6.07, 6.45) is 0. The number of carbonyl (C=O) groups excluding carboxylic acids is 1. The van der Waals surface area contributed by atoms with E-state index in [0.29, 0.717) is 4.47 Å². The van der Waals surface area contributed by atoms with Gasteiger partial charge in [0.1, 0.15) is 5.75 Å². The number of halogens is 1. The maximum absolute atomic E-state index is 11.0. The van der Waals surface area contributed by atoms with Crippen molar-refractivity contribution in [1.29, 1.82) is 0 Å². The maximum atomic E-state index is 11.0. The fourth-order valence-corrected chi connectivity index (χ4v) is 1.14. The van der Waals surface area contributed by atoms with E-state index in [1.54, 1.807) is 12.1 Å². The standard InChI is InChI=1S/C7H7BrN2O2/c8-5-3-1-2-4(6(5)11)7(12)10-9/h1-3,11H,9H2,(H,10,12). The summed E-state index contributed by atoms with van der Waals surface area (Å²) in [5, 5.41) is 9.34. The van der Waals surface area contributed by atoms with Crippen LogP contribution in [0, 0.1) is 0 Å². The molecule has 0 bridgehead atoms. The van der Waals surface area contributed by atoms with Crippen molar-refractivity contribution in [2.75, 3.05) is 0 Å². The van der Waals surface area contributed by atoms with Crippen LogP contribution in [0.15, 0.2) is 22.7 Å². The molecule has 0 spiro atoms. The third kappa shape index (κ3) is 1.57. The number of hydrazine groups is 1. The van der Waals surface area contributed by atoms with E-state index in [2.05, 4.69) is 15.9 Å². The number of rotatable bonds is 1. The highest BCUT2D eigenvalue weighted by molar-refractivity contribution is 9.10. The molecule has 1 aromatic rings. The van der Waals surface area contributed by atoms with Gasteiger partial charge in [-0.2, -0.15) is 0 Å². The van der Waals surface area contributed by atoms with E-state index in [1.165, 1.54) is 6.07 Å². The van der Waals surface area contributed by atoms with Gasteiger partial charge in [0.25, 0.3) is 5.91 Å². The summed E-state index contributed by atoms with van der Waals surface area (Å²) in [5.74, 6) is 4.27. The number of hydrogen-bond donors (Lipinski definition) is 3. The summed E-state index contributed by atoms with van der Waals surface area (Å²) >= 11 is 3.07. The van der Waals surface area contributed by atoms with E-state index in [4.69, 9.17) is 5.84 Å². The quantitative estimate of drug-likeness (QED) is 0.379. The topological polar surface area (TPSA) is 75.3 Å². The number of phenols is 1. The fraction of sp³-hybridized carbons (Fsp3) is 0. The zero-order valence-electron chi connectivity index (χ0n) is 6.04. The van der Waals surface area contributed by atoms with Crippen LogP contribution >= 0.6 is 15.9 Å². The van der Waals surface area contributed by atoms with Crippen LogP contribution in [-0.4, -0.2) is 11.0 Å². The normalized spacial score (nSPS) is 9.50. The SMILES string of the molecule is NNC(=O)c1cccc(Br)c1O. The molecule has 1 rings (SSSR count). The first-order valence-corrected chi connectivity index (χ1v) is 3.94. The molecule has 0 radical (unpaired) electrons. The van der Waals surface area contributed by atoms with Crippen LogP contribution < -0.4 is 11.3 Å². The Morgan fingerprint density at radius 1 is 1.58 bits per heavy atom. The van der Waals surface area contributed by atoms with Crippen molar-refractivity contribution in [2.45, 2.75) is 0 Å². The van der Waals surface area contributed by atoms with Gasteiger partial charge in [-0.3, -0.25) is 10.2 Å². The molecule has 0 atom stereocenters. The number of carbonyl (C=O) groups is 1. The van der Waals surface area contributed by atoms with Crippen LogP contribution in [0.2, 0.25) is 0 Å². The molecule has 0 saturated carbocycles. The molecule has 0 unspecified atom stereocenters. The second-order valence-electron chi connectivity index (χ2n) is 2.11. The van der Waals surface area contributed by atoms with Crippen LogP contribution in [-0.2, 0) is 0 Å². The van der Waals surface area contributed by atoms with Crippen LogP contribution in [0.5, 0.6) is 5.75 Å². The number of amides is 1. The van der Waals surface area contributed by atoms with Crippen LogP contribution in [0.4, 0.5) is 0 Å². The van der Waals surface area contributed by atoms with E-state index in [-0.39, 0.29) is 11.3 Å². The first kappa shape index (κ1) is 9.02. The van der Waals surface area contributed by atoms with Crippen molar-refractivity contribution in [3.05, 3.63) is 28.2 Å². The number of benzene rings is 1. The molecular formula is C7H7BrN2O2. The lowest BCUT2D eigenvalue weighted by molar-refractivity contribution is 0.0951. The van der Waals surface area contributed by atoms with Gasteiger partial charge in [-0.25, -0.2) is 5.84 Å². The molecule has 0 aliphatic heterocycles. The Balaban J connectivity index is 3.16. The Morgan fingerprint density at radius 2 is 2.25 bits per heavy atom. The molecule has 0 aliphatic rings. The van der Waals surface area contributed by atoms with Gasteiger partial charge in [-0.15, -0.1) is 0 Å². The predicted molar refractivity (Wildman–Crippen MR) is 47.5 cm³/mol. The summed E-state index contributed by atoms with van der Waals surface area (Å²) in [4.78, 5) is 11.0. The Bertz CT molecular complexity index is 314. The highest BCUT2D eigenvalue weighted by Crippen LogP contribution is 2.26. The van der Waals surface area contributed by atoms with Gasteiger partial charge in [-0.05, 0) is 28.1 Å². The fourth-order valence-electron chi connectivity index (χ4n) is 0.776. The molecule has 12 heavy (non-hydrogen) atoms. The number of aromatic hydroxyl groups is 1. The van der Waals surface area contributed by atoms with E-state index < -0.39 is 5.91 Å². The summed E-state index contributed by atoms with van der Waals surface area (Å²) < 4.78 is 0.462. The molecule has 1 aromatic carbocycles. The van der Waals surface area contributed by atoms with Crippen LogP contribution in [0.25, 0.3) is 0 Å². The summed E-state index contributed by atoms with van der Waals surface area (Å²) in [7, 11) is 0. The van der Waals surface area contributed by atoms with E-state index in [1.807, 2.05) is 5.43 Å². The van der Waals surface area contributed by atoms with Gasteiger partial charge < -0.3 is 5.11 Å². The summed E-state index contributed by atoms with van der Waals surface area (Å²) in [6, 6.07) is 4.74. The Kier molecular flexibility index (Phi) is 2.67. The van der Waals surface area contributed by atoms with Gasteiger partial charge in [0.15, 0.2) is 0 Å². The lowest BCUT2D eigenvalue weighted by atomic mass is 10.2. The lowest BCUT2D eigenvalue weighted by Crippen LogP contribution is -2.30. The highest BCUT2D eigenvalue weighted by Gasteiger charge is 2.10. The van der Waals surface area contributed by atoms with E-state index in [9.17, 15) is 9.90 Å². The van der Waals surface area contributed by atoms with Crippen molar-refractivity contribution >= 4 is 21.8 Å². The first-order chi connectivity index (χ1) is 5.66. The van der Waals surface area contributed by atoms with Crippen molar-refractivity contribution in [3.8, 4) is 5.75 Å². The minimum absolute atomic E-state index is 0.111. The largest absolute Gasteiger partial charge is 0.506 e. The summed E-state index contributed by atoms with van der Waals surface area (Å²) in [6.45, 7) is 0. The average Bonchev–Trinajstić information content (AvgIpc) is 2.08. The molecule has 1 amide bonds. The molecule has 0 aliphatic carbocycles. The van der Waals surface area contributed by atoms with Crippen molar-refractivity contribution in [3.63, 3.8) is 0 Å². The molecule has 4 nitrogen and oxygen atoms in total. The Hall–Kier alpha value is -1.07. The zero-order valence-corrected chi connectivity index (χ0v) is 7.63. The maximum Gasteiger partial charge on any atom is 0.268 e. The lowest BCUT2D eigenvalue weighted by Gasteiger charge is -2.03. The predicted octanol–water partition coefficient (Wildman–Crippen LogP) is 0.758. The number of nitrogens with two attached hydrogens (primary N) is 1. The molecule has 0 aromatic heterocycles. The molecule has 0 fully saturated rings. The van der Waals surface area contributed by atoms with Crippen molar-refractivity contribution < 1.29 is 9.90 Å². The molecule has 64 valence electrons. The van der Waals surface area contributed by atoms with Crippen molar-refractivity contribution in [1.82, 2.24) is 5.43 Å². The smallest absolute Gasteiger partial charge is 0.268 e. The number of para-hydroxylation sites is 1. The molecule has 0 saturated heterocycles. The summed E-state index contributed by atoms with van der Waals surface area (Å²) in [5.41, 5.74) is 2.07. The Morgan fingerprint density at radius 3 is 2.83 bits per heavy atom. The van der Waals surface area contributed by atoms with Gasteiger partial charge in [-0.1, -0.05) is 6.07 Å². The third-order valence-corrected chi connectivity index (χ3v) is 2.00. The number of hydrogen-bond acceptors (Lipinski definition) is 3. The Labute approximate surface area is 77.5 Å². The van der Waals surface area contributed by atoms with Crippen LogP contribution in [0.1, 0.15) is 10.4 Å². The first-order valence-electron chi connectivity index (χ1n) is 3.15. The molecule has 5 heteroatoms. The van der Waals surface area contributed by atoms with Crippen molar-refractivity contribution in [2.24, 2.45) is 5.84 Å². The van der Waals surface area contributed by atoms with Gasteiger partial charge in [0, 0.05) is 0 Å². The molecular weight excluding hydrogens is 224 g/mol. The minimum Gasteiger partial charge on any atom is -0.506 e.